The summed E-state index contributed by atoms with van der Waals surface area (Å²) in [7, 11) is 0. The Kier molecular flexibility index (Phi) is 15.9. The van der Waals surface area contributed by atoms with E-state index >= 15 is 0 Å². The van der Waals surface area contributed by atoms with Gasteiger partial charge in [-0.15, -0.1) is 11.3 Å². The van der Waals surface area contributed by atoms with E-state index in [1.807, 2.05) is 133 Å². The number of nitrogens with zero attached hydrogens (tertiary/aromatic N) is 11. The lowest BCUT2D eigenvalue weighted by molar-refractivity contribution is 1.07. The van der Waals surface area contributed by atoms with Crippen LogP contribution in [-0.2, 0) is 0 Å². The Morgan fingerprint density at radius 1 is 0.158 bits per heavy atom. The highest BCUT2D eigenvalue weighted by molar-refractivity contribution is 7.26. The van der Waals surface area contributed by atoms with Gasteiger partial charge in [-0.05, 0) is 133 Å². The molecule has 0 aliphatic rings. The molecule has 12 heteroatoms. The molecule has 0 saturated carbocycles. The van der Waals surface area contributed by atoms with E-state index in [2.05, 4.69) is 308 Å². The summed E-state index contributed by atoms with van der Waals surface area (Å²) in [6, 6.07) is 144. The van der Waals surface area contributed by atoms with Crippen LogP contribution >= 0.6 is 11.3 Å². The van der Waals surface area contributed by atoms with E-state index in [9.17, 15) is 0 Å². The molecular weight excluding hydrogens is 1480 g/mol. The van der Waals surface area contributed by atoms with Crippen LogP contribution in [0.15, 0.2) is 406 Å². The topological polar surface area (TPSA) is 102 Å². The fourth-order valence-corrected chi connectivity index (χ4v) is 19.5. The first-order valence-corrected chi connectivity index (χ1v) is 41.2. The van der Waals surface area contributed by atoms with Gasteiger partial charge in [-0.1, -0.05) is 273 Å². The van der Waals surface area contributed by atoms with Gasteiger partial charge < -0.3 is 22.8 Å². The van der Waals surface area contributed by atoms with Crippen molar-refractivity contribution in [3.05, 3.63) is 406 Å². The van der Waals surface area contributed by atoms with Crippen LogP contribution in [0.25, 0.3) is 226 Å². The normalized spacial score (nSPS) is 11.8. The number of aromatic nitrogens is 11. The Morgan fingerprint density at radius 2 is 0.425 bits per heavy atom. The van der Waals surface area contributed by atoms with Crippen molar-refractivity contribution in [3.63, 3.8) is 0 Å². The van der Waals surface area contributed by atoms with Crippen molar-refractivity contribution in [2.75, 3.05) is 0 Å². The summed E-state index contributed by atoms with van der Waals surface area (Å²) in [6.45, 7) is 0. The third kappa shape index (κ3) is 11.2. The highest BCUT2D eigenvalue weighted by atomic mass is 32.1. The highest BCUT2D eigenvalue weighted by Gasteiger charge is 2.24. The standard InChI is InChI=1S/C57H36N6.C51H31N5S/c1-3-15-37(16-4-1)55-58-56(38-17-5-2-6-18-38)60-57(59-55)39-27-29-40(30-28-39)61-51-25-13-9-21-45(51)47-36-42(31-33-53(47)61)63-52-26-14-10-22-46(52)48-35-41(32-34-54(48)63)62-49-23-11-7-19-43(49)44-20-8-12-24-50(44)62;1-3-14-32(15-4-1)49-52-50(33-16-5-2-6-17-33)54-51(53-49)34-18-13-19-35(30-34)55-43-23-10-8-21-38(43)42-31-36(26-29-45(42)55)56-44-24-11-7-20-37(44)40-27-28-41-39-22-9-12-25-46(39)57-48(41)47(40)56/h1-36H;1-31H. The lowest BCUT2D eigenvalue weighted by Gasteiger charge is -2.12. The number of hydrogen-bond donors (Lipinski definition) is 0. The van der Waals surface area contributed by atoms with Crippen LogP contribution in [0, 0.1) is 0 Å². The molecule has 8 aromatic heterocycles. The third-order valence-electron chi connectivity index (χ3n) is 23.6. The van der Waals surface area contributed by atoms with Crippen LogP contribution in [-0.4, -0.2) is 52.7 Å². The van der Waals surface area contributed by atoms with Gasteiger partial charge in [0.25, 0.3) is 0 Å². The zero-order chi connectivity index (χ0) is 78.9. The lowest BCUT2D eigenvalue weighted by Crippen LogP contribution is -2.01. The average molecular weight is 1550 g/mol. The number of rotatable bonds is 11. The van der Waals surface area contributed by atoms with Gasteiger partial charge in [0.15, 0.2) is 34.9 Å². The zero-order valence-electron chi connectivity index (χ0n) is 64.5. The molecule has 0 spiro atoms. The maximum Gasteiger partial charge on any atom is 0.164 e. The molecule has 0 saturated heterocycles. The van der Waals surface area contributed by atoms with E-state index in [0.29, 0.717) is 34.9 Å². The molecule has 8 heterocycles. The molecule has 11 nitrogen and oxygen atoms in total. The minimum Gasteiger partial charge on any atom is -0.309 e. The fraction of sp³-hybridized carbons (Fsp3) is 0. The number of benzene rings is 17. The number of hydrogen-bond acceptors (Lipinski definition) is 7. The average Bonchev–Trinajstić information content (AvgIpc) is 1.55. The van der Waals surface area contributed by atoms with Crippen molar-refractivity contribution in [1.29, 1.82) is 0 Å². The molecule has 17 aromatic carbocycles. The van der Waals surface area contributed by atoms with Gasteiger partial charge in [-0.3, -0.25) is 0 Å². The number of para-hydroxylation sites is 6. The minimum atomic E-state index is 0.631. The Balaban J connectivity index is 0.000000137. The van der Waals surface area contributed by atoms with Gasteiger partial charge >= 0.3 is 0 Å². The first kappa shape index (κ1) is 68.4. The molecule has 25 rings (SSSR count). The second kappa shape index (κ2) is 27.9. The van der Waals surface area contributed by atoms with Crippen LogP contribution in [0.5, 0.6) is 0 Å². The third-order valence-corrected chi connectivity index (χ3v) is 24.8. The molecule has 560 valence electrons. The van der Waals surface area contributed by atoms with E-state index in [1.165, 1.54) is 107 Å². The molecule has 0 N–H and O–H groups in total. The monoisotopic (exact) mass is 1550 g/mol. The molecule has 0 bridgehead atoms. The zero-order valence-corrected chi connectivity index (χ0v) is 65.3. The Hall–Kier alpha value is -16.0. The second-order valence-electron chi connectivity index (χ2n) is 30.5. The van der Waals surface area contributed by atoms with Crippen LogP contribution in [0.3, 0.4) is 0 Å². The van der Waals surface area contributed by atoms with Gasteiger partial charge in [-0.2, -0.15) is 0 Å². The Morgan fingerprint density at radius 3 is 0.825 bits per heavy atom. The largest absolute Gasteiger partial charge is 0.309 e. The Labute approximate surface area is 691 Å². The van der Waals surface area contributed by atoms with Crippen molar-refractivity contribution in [3.8, 4) is 96.8 Å². The predicted molar refractivity (Wildman–Crippen MR) is 497 cm³/mol. The lowest BCUT2D eigenvalue weighted by atomic mass is 10.1. The van der Waals surface area contributed by atoms with E-state index in [4.69, 9.17) is 29.9 Å². The van der Waals surface area contributed by atoms with E-state index in [1.54, 1.807) is 0 Å². The minimum absolute atomic E-state index is 0.631. The van der Waals surface area contributed by atoms with Gasteiger partial charge in [0.1, 0.15) is 0 Å². The van der Waals surface area contributed by atoms with Gasteiger partial charge in [-0.25, -0.2) is 29.9 Å². The molecule has 0 unspecified atom stereocenters. The summed E-state index contributed by atoms with van der Waals surface area (Å²) in [5, 5.41) is 14.9. The number of fused-ring (bicyclic) bond motifs is 19. The van der Waals surface area contributed by atoms with Crippen molar-refractivity contribution in [2.45, 2.75) is 0 Å². The van der Waals surface area contributed by atoms with E-state index in [0.717, 1.165) is 83.9 Å². The smallest absolute Gasteiger partial charge is 0.164 e. The summed E-state index contributed by atoms with van der Waals surface area (Å²) in [4.78, 5) is 29.8. The molecule has 25 aromatic rings. The predicted octanol–water partition coefficient (Wildman–Crippen LogP) is 27.6. The first-order valence-electron chi connectivity index (χ1n) is 40.4. The van der Waals surface area contributed by atoms with Crippen molar-refractivity contribution < 1.29 is 0 Å². The van der Waals surface area contributed by atoms with Gasteiger partial charge in [0.05, 0.1) is 59.9 Å². The van der Waals surface area contributed by atoms with E-state index in [-0.39, 0.29) is 0 Å². The fourth-order valence-electron chi connectivity index (χ4n) is 18.3. The molecule has 0 aliphatic heterocycles. The van der Waals surface area contributed by atoms with Crippen LogP contribution in [0.2, 0.25) is 0 Å². The summed E-state index contributed by atoms with van der Waals surface area (Å²) >= 11 is 1.88. The summed E-state index contributed by atoms with van der Waals surface area (Å²) in [5.41, 5.74) is 22.9. The quantitative estimate of drug-likeness (QED) is 0.128. The number of thiophene rings is 1. The Bertz CT molecular complexity index is 8240. The highest BCUT2D eigenvalue weighted by Crippen LogP contribution is 2.46. The molecule has 0 atom stereocenters. The van der Waals surface area contributed by atoms with Crippen molar-refractivity contribution in [1.82, 2.24) is 52.7 Å². The first-order chi connectivity index (χ1) is 59.5. The van der Waals surface area contributed by atoms with E-state index < -0.39 is 0 Å². The SMILES string of the molecule is c1ccc(-c2nc(-c3ccccc3)nc(-c3ccc(-n4c5ccccc5c5cc(-n6c7ccccc7c7cc(-n8c9ccccc9c9ccccc98)ccc76)ccc54)cc3)n2)cc1.c1ccc(-c2nc(-c3ccccc3)nc(-c3cccc(-n4c5ccccc5c5cc(-n6c7ccccc7c7ccc8c9ccccc9sc8c76)ccc54)c3)n2)cc1. The molecule has 0 radical (unpaired) electrons. The van der Waals surface area contributed by atoms with Crippen LogP contribution in [0.1, 0.15) is 0 Å². The van der Waals surface area contributed by atoms with Crippen LogP contribution in [0.4, 0.5) is 0 Å². The van der Waals surface area contributed by atoms with Gasteiger partial charge in [0.2, 0.25) is 0 Å². The maximum absolute atomic E-state index is 5.04. The molecular formula is C108H67N11S. The molecule has 0 amide bonds. The summed E-state index contributed by atoms with van der Waals surface area (Å²) in [5.74, 6) is 3.85. The van der Waals surface area contributed by atoms with Gasteiger partial charge in [0, 0.05) is 131 Å². The summed E-state index contributed by atoms with van der Waals surface area (Å²) in [6.07, 6.45) is 0. The van der Waals surface area contributed by atoms with Crippen molar-refractivity contribution >= 4 is 141 Å². The van der Waals surface area contributed by atoms with Crippen LogP contribution < -0.4 is 0 Å². The molecule has 120 heavy (non-hydrogen) atoms. The molecule has 0 fully saturated rings. The molecule has 0 aliphatic carbocycles. The second-order valence-corrected chi connectivity index (χ2v) is 31.5. The summed E-state index contributed by atoms with van der Waals surface area (Å²) < 4.78 is 14.6. The van der Waals surface area contributed by atoms with Crippen molar-refractivity contribution in [2.24, 2.45) is 0 Å². The maximum atomic E-state index is 5.04.